The van der Waals surface area contributed by atoms with Crippen LogP contribution in [0.25, 0.3) is 0 Å². The number of epoxide rings is 1. The number of ether oxygens (including phenoxy) is 2. The summed E-state index contributed by atoms with van der Waals surface area (Å²) in [6, 6.07) is 10.1. The van der Waals surface area contributed by atoms with Crippen LogP contribution in [-0.4, -0.2) is 30.0 Å². The Morgan fingerprint density at radius 1 is 1.31 bits per heavy atom. The van der Waals surface area contributed by atoms with E-state index in [0.29, 0.717) is 6.61 Å². The minimum atomic E-state index is 0.0442. The molecule has 0 radical (unpaired) electrons. The Kier molecular flexibility index (Phi) is 3.93. The highest BCUT2D eigenvalue weighted by Gasteiger charge is 2.38. The van der Waals surface area contributed by atoms with Gasteiger partial charge in [0.2, 0.25) is 0 Å². The highest BCUT2D eigenvalue weighted by Crippen LogP contribution is 2.26. The van der Waals surface area contributed by atoms with Crippen LogP contribution in [0.5, 0.6) is 0 Å². The van der Waals surface area contributed by atoms with Crippen LogP contribution in [0, 0.1) is 0 Å². The summed E-state index contributed by atoms with van der Waals surface area (Å²) in [4.78, 5) is 0. The third-order valence-electron chi connectivity index (χ3n) is 2.81. The number of rotatable bonds is 6. The lowest BCUT2D eigenvalue weighted by molar-refractivity contribution is 0.0426. The molecule has 0 spiro atoms. The van der Waals surface area contributed by atoms with Crippen LogP contribution in [0.15, 0.2) is 30.3 Å². The summed E-state index contributed by atoms with van der Waals surface area (Å²) >= 11 is 0. The Hall–Kier alpha value is -0.900. The fraction of sp³-hybridized carbons (Fsp3) is 0.538. The van der Waals surface area contributed by atoms with Crippen molar-refractivity contribution >= 4 is 0 Å². The Bertz CT molecular complexity index is 312. The van der Waals surface area contributed by atoms with Gasteiger partial charge in [0.25, 0.3) is 0 Å². The Morgan fingerprint density at radius 3 is 2.69 bits per heavy atom. The summed E-state index contributed by atoms with van der Waals surface area (Å²) in [5.74, 6) is 0. The number of aliphatic hydroxyl groups excluding tert-OH is 1. The van der Waals surface area contributed by atoms with E-state index in [2.05, 4.69) is 12.1 Å². The first kappa shape index (κ1) is 11.6. The van der Waals surface area contributed by atoms with Crippen molar-refractivity contribution in [3.05, 3.63) is 35.9 Å². The molecule has 1 N–H and O–H groups in total. The maximum Gasteiger partial charge on any atom is 0.107 e. The predicted molar refractivity (Wildman–Crippen MR) is 61.1 cm³/mol. The first-order chi connectivity index (χ1) is 7.79. The van der Waals surface area contributed by atoms with Crippen molar-refractivity contribution in [3.63, 3.8) is 0 Å². The second-order valence-electron chi connectivity index (χ2n) is 4.24. The fourth-order valence-electron chi connectivity index (χ4n) is 1.75. The molecule has 1 aromatic rings. The van der Waals surface area contributed by atoms with E-state index in [0.717, 1.165) is 6.42 Å². The van der Waals surface area contributed by atoms with Gasteiger partial charge >= 0.3 is 0 Å². The minimum Gasteiger partial charge on any atom is -0.394 e. The van der Waals surface area contributed by atoms with Gasteiger partial charge in [0.1, 0.15) is 6.10 Å². The van der Waals surface area contributed by atoms with Crippen LogP contribution in [0.2, 0.25) is 0 Å². The monoisotopic (exact) mass is 222 g/mol. The van der Waals surface area contributed by atoms with Crippen LogP contribution >= 0.6 is 0 Å². The smallest absolute Gasteiger partial charge is 0.107 e. The molecular weight excluding hydrogens is 204 g/mol. The summed E-state index contributed by atoms with van der Waals surface area (Å²) < 4.78 is 11.0. The lowest BCUT2D eigenvalue weighted by atomic mass is 10.2. The fourth-order valence-corrected chi connectivity index (χ4v) is 1.75. The van der Waals surface area contributed by atoms with Crippen LogP contribution in [0.3, 0.4) is 0 Å². The van der Waals surface area contributed by atoms with E-state index in [9.17, 15) is 0 Å². The van der Waals surface area contributed by atoms with Gasteiger partial charge in [0.15, 0.2) is 0 Å². The van der Waals surface area contributed by atoms with Crippen molar-refractivity contribution in [1.29, 1.82) is 0 Å². The zero-order valence-corrected chi connectivity index (χ0v) is 9.50. The number of hydrogen-bond donors (Lipinski definition) is 1. The third-order valence-corrected chi connectivity index (χ3v) is 2.81. The van der Waals surface area contributed by atoms with E-state index in [1.54, 1.807) is 0 Å². The van der Waals surface area contributed by atoms with E-state index in [4.69, 9.17) is 14.6 Å². The van der Waals surface area contributed by atoms with Crippen molar-refractivity contribution < 1.29 is 14.6 Å². The van der Waals surface area contributed by atoms with Gasteiger partial charge in [0.05, 0.1) is 25.4 Å². The quantitative estimate of drug-likeness (QED) is 0.745. The molecule has 1 aliphatic rings. The molecule has 2 rings (SSSR count). The normalized spacial score (nSPS) is 25.4. The molecular formula is C13H18O3. The van der Waals surface area contributed by atoms with Gasteiger partial charge < -0.3 is 14.6 Å². The summed E-state index contributed by atoms with van der Waals surface area (Å²) in [5, 5.41) is 8.83. The molecule has 88 valence electrons. The molecule has 1 saturated heterocycles. The molecule has 0 unspecified atom stereocenters. The zero-order valence-electron chi connectivity index (χ0n) is 9.50. The van der Waals surface area contributed by atoms with Gasteiger partial charge in [-0.25, -0.2) is 0 Å². The van der Waals surface area contributed by atoms with Gasteiger partial charge in [-0.1, -0.05) is 30.3 Å². The number of aliphatic hydroxyl groups is 1. The second kappa shape index (κ2) is 5.43. The van der Waals surface area contributed by atoms with Crippen molar-refractivity contribution in [1.82, 2.24) is 0 Å². The van der Waals surface area contributed by atoms with Crippen LogP contribution in [0.1, 0.15) is 18.9 Å². The van der Waals surface area contributed by atoms with Gasteiger partial charge in [-0.15, -0.1) is 0 Å². The molecule has 0 amide bonds. The van der Waals surface area contributed by atoms with Crippen LogP contribution in [0.4, 0.5) is 0 Å². The minimum absolute atomic E-state index is 0.0442. The maximum atomic E-state index is 8.83. The van der Waals surface area contributed by atoms with Gasteiger partial charge in [0, 0.05) is 6.42 Å². The molecule has 1 fully saturated rings. The van der Waals surface area contributed by atoms with Crippen molar-refractivity contribution in [3.8, 4) is 0 Å². The van der Waals surface area contributed by atoms with Gasteiger partial charge in [-0.05, 0) is 12.5 Å². The highest BCUT2D eigenvalue weighted by molar-refractivity contribution is 5.13. The first-order valence-electron chi connectivity index (χ1n) is 5.71. The Morgan fingerprint density at radius 2 is 2.06 bits per heavy atom. The van der Waals surface area contributed by atoms with Crippen LogP contribution in [-0.2, 0) is 16.1 Å². The molecule has 0 bridgehead atoms. The van der Waals surface area contributed by atoms with Crippen molar-refractivity contribution in [2.45, 2.75) is 38.3 Å². The molecule has 1 aliphatic heterocycles. The Balaban J connectivity index is 1.66. The molecule has 1 heterocycles. The largest absolute Gasteiger partial charge is 0.394 e. The van der Waals surface area contributed by atoms with E-state index in [-0.39, 0.29) is 24.9 Å². The molecule has 3 nitrogen and oxygen atoms in total. The average molecular weight is 222 g/mol. The van der Waals surface area contributed by atoms with E-state index >= 15 is 0 Å². The van der Waals surface area contributed by atoms with Crippen LogP contribution < -0.4 is 0 Å². The molecule has 0 saturated carbocycles. The molecule has 16 heavy (non-hydrogen) atoms. The second-order valence-corrected chi connectivity index (χ2v) is 4.24. The van der Waals surface area contributed by atoms with Crippen molar-refractivity contribution in [2.24, 2.45) is 0 Å². The highest BCUT2D eigenvalue weighted by atomic mass is 16.6. The first-order valence-corrected chi connectivity index (χ1v) is 5.71. The lowest BCUT2D eigenvalue weighted by Crippen LogP contribution is -2.13. The van der Waals surface area contributed by atoms with E-state index in [1.165, 1.54) is 5.56 Å². The summed E-state index contributed by atoms with van der Waals surface area (Å²) in [7, 11) is 0. The molecule has 1 aromatic carbocycles. The van der Waals surface area contributed by atoms with E-state index < -0.39 is 0 Å². The number of benzene rings is 1. The van der Waals surface area contributed by atoms with Crippen molar-refractivity contribution in [2.75, 3.05) is 6.61 Å². The Labute approximate surface area is 96.0 Å². The van der Waals surface area contributed by atoms with E-state index in [1.807, 2.05) is 25.1 Å². The molecule has 0 aliphatic carbocycles. The molecule has 3 atom stereocenters. The molecule has 3 heteroatoms. The third kappa shape index (κ3) is 3.30. The lowest BCUT2D eigenvalue weighted by Gasteiger charge is -2.11. The molecule has 0 aromatic heterocycles. The van der Waals surface area contributed by atoms with Gasteiger partial charge in [-0.2, -0.15) is 0 Å². The number of hydrogen-bond acceptors (Lipinski definition) is 3. The summed E-state index contributed by atoms with van der Waals surface area (Å²) in [6.07, 6.45) is 1.26. The zero-order chi connectivity index (χ0) is 11.4. The predicted octanol–water partition coefficient (Wildman–Crippen LogP) is 1.74. The summed E-state index contributed by atoms with van der Waals surface area (Å²) in [6.45, 7) is 2.80. The SMILES string of the molecule is C[C@H](C[C@@H]1O[C@H]1CO)OCc1ccccc1. The standard InChI is InChI=1S/C13H18O3/c1-10(7-12-13(8-14)16-12)15-9-11-5-3-2-4-6-11/h2-6,10,12-14H,7-9H2,1H3/t10-,12+,13+/m1/s1. The van der Waals surface area contributed by atoms with Gasteiger partial charge in [-0.3, -0.25) is 0 Å². The summed E-state index contributed by atoms with van der Waals surface area (Å²) in [5.41, 5.74) is 1.18. The maximum absolute atomic E-state index is 8.83. The topological polar surface area (TPSA) is 42.0 Å². The average Bonchev–Trinajstić information content (AvgIpc) is 3.06.